The van der Waals surface area contributed by atoms with Crippen LogP contribution in [-0.2, 0) is 11.3 Å². The van der Waals surface area contributed by atoms with Gasteiger partial charge >= 0.3 is 11.6 Å². The highest BCUT2D eigenvalue weighted by atomic mass is 32.1. The zero-order valence-electron chi connectivity index (χ0n) is 13.7. The van der Waals surface area contributed by atoms with E-state index in [1.165, 1.54) is 24.5 Å². The van der Waals surface area contributed by atoms with Gasteiger partial charge in [-0.15, -0.1) is 11.3 Å². The van der Waals surface area contributed by atoms with Gasteiger partial charge in [0.2, 0.25) is 0 Å². The predicted molar refractivity (Wildman–Crippen MR) is 97.8 cm³/mol. The molecule has 4 aromatic rings. The molecule has 2 aromatic heterocycles. The predicted octanol–water partition coefficient (Wildman–Crippen LogP) is 3.77. The third-order valence-electron chi connectivity index (χ3n) is 3.83. The Morgan fingerprint density at radius 2 is 2.04 bits per heavy atom. The molecule has 0 N–H and O–H groups in total. The molecule has 0 amide bonds. The molecule has 7 heteroatoms. The lowest BCUT2D eigenvalue weighted by Crippen LogP contribution is -2.16. The number of ether oxygens (including phenoxy) is 2. The van der Waals surface area contributed by atoms with E-state index in [-0.39, 0.29) is 12.2 Å². The Bertz CT molecular complexity index is 1140. The van der Waals surface area contributed by atoms with E-state index in [0.29, 0.717) is 21.7 Å². The minimum absolute atomic E-state index is 0.00618. The SMILES string of the molecule is COc1cccc2cc(C(=O)OCc3nc4ccccc4s3)c(=O)oc12. The van der Waals surface area contributed by atoms with Crippen LogP contribution in [0.4, 0.5) is 0 Å². The molecular weight excluding hydrogens is 354 g/mol. The van der Waals surface area contributed by atoms with Gasteiger partial charge in [0.15, 0.2) is 11.3 Å². The first-order valence-electron chi connectivity index (χ1n) is 7.78. The van der Waals surface area contributed by atoms with Crippen molar-refractivity contribution in [2.75, 3.05) is 7.11 Å². The van der Waals surface area contributed by atoms with Gasteiger partial charge in [0.1, 0.15) is 17.2 Å². The molecule has 0 atom stereocenters. The summed E-state index contributed by atoms with van der Waals surface area (Å²) < 4.78 is 16.7. The standard InChI is InChI=1S/C19H13NO5S/c1-23-14-7-4-5-11-9-12(19(22)25-17(11)14)18(21)24-10-16-20-13-6-2-3-8-15(13)26-16/h2-9H,10H2,1H3. The minimum atomic E-state index is -0.767. The van der Waals surface area contributed by atoms with E-state index < -0.39 is 11.6 Å². The largest absolute Gasteiger partial charge is 0.493 e. The van der Waals surface area contributed by atoms with E-state index >= 15 is 0 Å². The van der Waals surface area contributed by atoms with Crippen LogP contribution in [0.5, 0.6) is 5.75 Å². The number of rotatable bonds is 4. The molecular formula is C19H13NO5S. The van der Waals surface area contributed by atoms with Crippen LogP contribution in [0.15, 0.2) is 57.7 Å². The van der Waals surface area contributed by atoms with E-state index in [4.69, 9.17) is 13.9 Å². The van der Waals surface area contributed by atoms with Gasteiger partial charge in [0, 0.05) is 5.39 Å². The molecule has 0 aliphatic rings. The first-order chi connectivity index (χ1) is 12.7. The molecule has 0 fully saturated rings. The fourth-order valence-electron chi connectivity index (χ4n) is 2.61. The maximum atomic E-state index is 12.3. The lowest BCUT2D eigenvalue weighted by molar-refractivity contribution is 0.0468. The number of hydrogen-bond acceptors (Lipinski definition) is 7. The second kappa shape index (κ2) is 6.61. The summed E-state index contributed by atoms with van der Waals surface area (Å²) in [4.78, 5) is 28.9. The van der Waals surface area contributed by atoms with Gasteiger partial charge < -0.3 is 13.9 Å². The molecule has 0 radical (unpaired) electrons. The smallest absolute Gasteiger partial charge is 0.351 e. The normalized spacial score (nSPS) is 11.0. The Labute approximate surface area is 151 Å². The van der Waals surface area contributed by atoms with Crippen LogP contribution < -0.4 is 10.4 Å². The van der Waals surface area contributed by atoms with Gasteiger partial charge in [-0.2, -0.15) is 0 Å². The molecule has 26 heavy (non-hydrogen) atoms. The van der Waals surface area contributed by atoms with E-state index in [1.807, 2.05) is 24.3 Å². The van der Waals surface area contributed by atoms with Crippen molar-refractivity contribution in [3.8, 4) is 5.75 Å². The quantitative estimate of drug-likeness (QED) is 0.404. The first kappa shape index (κ1) is 16.3. The van der Waals surface area contributed by atoms with Gasteiger partial charge in [0.25, 0.3) is 0 Å². The maximum absolute atomic E-state index is 12.3. The third kappa shape index (κ3) is 2.93. The number of esters is 1. The van der Waals surface area contributed by atoms with E-state index in [0.717, 1.165) is 10.2 Å². The van der Waals surface area contributed by atoms with Gasteiger partial charge in [-0.05, 0) is 24.3 Å². The van der Waals surface area contributed by atoms with Crippen molar-refractivity contribution >= 4 is 38.5 Å². The second-order valence-electron chi connectivity index (χ2n) is 5.48. The molecule has 130 valence electrons. The molecule has 0 saturated carbocycles. The highest BCUT2D eigenvalue weighted by Crippen LogP contribution is 2.25. The Kier molecular flexibility index (Phi) is 4.14. The van der Waals surface area contributed by atoms with Crippen LogP contribution in [-0.4, -0.2) is 18.1 Å². The van der Waals surface area contributed by atoms with Crippen molar-refractivity contribution in [2.24, 2.45) is 0 Å². The summed E-state index contributed by atoms with van der Waals surface area (Å²) in [5, 5.41) is 1.24. The molecule has 0 unspecified atom stereocenters. The highest BCUT2D eigenvalue weighted by molar-refractivity contribution is 7.18. The molecule has 0 saturated heterocycles. The second-order valence-corrected chi connectivity index (χ2v) is 6.59. The van der Waals surface area contributed by atoms with Crippen LogP contribution in [0.2, 0.25) is 0 Å². The summed E-state index contributed by atoms with van der Waals surface area (Å²) in [5.41, 5.74) is 0.215. The number of thiazole rings is 1. The van der Waals surface area contributed by atoms with Crippen molar-refractivity contribution in [3.63, 3.8) is 0 Å². The van der Waals surface area contributed by atoms with Crippen molar-refractivity contribution < 1.29 is 18.7 Å². The Morgan fingerprint density at radius 1 is 1.19 bits per heavy atom. The Balaban J connectivity index is 1.59. The number of fused-ring (bicyclic) bond motifs is 2. The summed E-state index contributed by atoms with van der Waals surface area (Å²) >= 11 is 1.44. The number of aromatic nitrogens is 1. The van der Waals surface area contributed by atoms with Gasteiger partial charge in [-0.25, -0.2) is 14.6 Å². The fourth-order valence-corrected chi connectivity index (χ4v) is 3.49. The number of para-hydroxylation sites is 2. The molecule has 6 nitrogen and oxygen atoms in total. The van der Waals surface area contributed by atoms with E-state index in [9.17, 15) is 9.59 Å². The molecule has 0 bridgehead atoms. The molecule has 0 aliphatic carbocycles. The van der Waals surface area contributed by atoms with Crippen LogP contribution in [0.1, 0.15) is 15.4 Å². The zero-order chi connectivity index (χ0) is 18.1. The minimum Gasteiger partial charge on any atom is -0.493 e. The van der Waals surface area contributed by atoms with Gasteiger partial charge in [-0.1, -0.05) is 24.3 Å². The lowest BCUT2D eigenvalue weighted by atomic mass is 10.2. The molecule has 2 heterocycles. The molecule has 4 rings (SSSR count). The maximum Gasteiger partial charge on any atom is 0.351 e. The summed E-state index contributed by atoms with van der Waals surface area (Å²) in [6.07, 6.45) is 0. The number of benzene rings is 2. The van der Waals surface area contributed by atoms with Crippen molar-refractivity contribution in [3.05, 3.63) is 69.5 Å². The summed E-state index contributed by atoms with van der Waals surface area (Å²) in [7, 11) is 1.48. The van der Waals surface area contributed by atoms with Crippen molar-refractivity contribution in [2.45, 2.75) is 6.61 Å². The van der Waals surface area contributed by atoms with Crippen molar-refractivity contribution in [1.29, 1.82) is 0 Å². The lowest BCUT2D eigenvalue weighted by Gasteiger charge is -2.05. The molecule has 2 aromatic carbocycles. The Hall–Kier alpha value is -3.19. The van der Waals surface area contributed by atoms with Crippen LogP contribution in [0, 0.1) is 0 Å². The fraction of sp³-hybridized carbons (Fsp3) is 0.105. The van der Waals surface area contributed by atoms with Crippen LogP contribution >= 0.6 is 11.3 Å². The summed E-state index contributed by atoms with van der Waals surface area (Å²) in [5.74, 6) is -0.322. The van der Waals surface area contributed by atoms with Gasteiger partial charge in [-0.3, -0.25) is 0 Å². The summed E-state index contributed by atoms with van der Waals surface area (Å²) in [6, 6.07) is 14.3. The summed E-state index contributed by atoms with van der Waals surface area (Å²) in [6.45, 7) is -0.00618. The topological polar surface area (TPSA) is 78.6 Å². The first-order valence-corrected chi connectivity index (χ1v) is 8.60. The van der Waals surface area contributed by atoms with Gasteiger partial charge in [0.05, 0.1) is 17.3 Å². The number of carbonyl (C=O) groups excluding carboxylic acids is 1. The zero-order valence-corrected chi connectivity index (χ0v) is 14.5. The van der Waals surface area contributed by atoms with Crippen LogP contribution in [0.3, 0.4) is 0 Å². The average Bonchev–Trinajstić information content (AvgIpc) is 3.08. The number of carbonyl (C=O) groups is 1. The number of nitrogens with zero attached hydrogens (tertiary/aromatic N) is 1. The average molecular weight is 367 g/mol. The number of methoxy groups -OCH3 is 1. The molecule has 0 spiro atoms. The molecule has 0 aliphatic heterocycles. The Morgan fingerprint density at radius 3 is 2.85 bits per heavy atom. The van der Waals surface area contributed by atoms with Crippen LogP contribution in [0.25, 0.3) is 21.2 Å². The van der Waals surface area contributed by atoms with E-state index in [1.54, 1.807) is 18.2 Å². The third-order valence-corrected chi connectivity index (χ3v) is 4.84. The van der Waals surface area contributed by atoms with E-state index in [2.05, 4.69) is 4.98 Å². The highest BCUT2D eigenvalue weighted by Gasteiger charge is 2.17. The monoisotopic (exact) mass is 367 g/mol. The van der Waals surface area contributed by atoms with Crippen molar-refractivity contribution in [1.82, 2.24) is 4.98 Å². The number of hydrogen-bond donors (Lipinski definition) is 0.